The molecule has 5 nitrogen and oxygen atoms in total. The van der Waals surface area contributed by atoms with Crippen LogP contribution in [0.1, 0.15) is 54.8 Å². The molecule has 3 rings (SSSR count). The number of benzene rings is 1. The van der Waals surface area contributed by atoms with Crippen LogP contribution in [0.4, 0.5) is 0 Å². The first kappa shape index (κ1) is 22.3. The molecule has 0 N–H and O–H groups in total. The lowest BCUT2D eigenvalue weighted by molar-refractivity contribution is -0.127. The van der Waals surface area contributed by atoms with E-state index in [1.807, 2.05) is 29.6 Å². The molecule has 1 fully saturated rings. The Morgan fingerprint density at radius 1 is 1.17 bits per heavy atom. The molecule has 0 unspecified atom stereocenters. The van der Waals surface area contributed by atoms with Crippen molar-refractivity contribution < 1.29 is 4.79 Å². The smallest absolute Gasteiger partial charge is 0.246 e. The highest BCUT2D eigenvalue weighted by molar-refractivity contribution is 5.92. The van der Waals surface area contributed by atoms with Crippen LogP contribution < -0.4 is 0 Å². The number of aryl methyl sites for hydroxylation is 2. The van der Waals surface area contributed by atoms with Crippen molar-refractivity contribution in [3.8, 4) is 0 Å². The summed E-state index contributed by atoms with van der Waals surface area (Å²) in [4.78, 5) is 17.2. The van der Waals surface area contributed by atoms with Gasteiger partial charge in [0.05, 0.1) is 12.2 Å². The fourth-order valence-corrected chi connectivity index (χ4v) is 4.21. The average molecular weight is 409 g/mol. The van der Waals surface area contributed by atoms with Crippen LogP contribution in [0.3, 0.4) is 0 Å². The summed E-state index contributed by atoms with van der Waals surface area (Å²) in [5, 5.41) is 4.70. The zero-order valence-electron chi connectivity index (χ0n) is 19.4. The van der Waals surface area contributed by atoms with Crippen molar-refractivity contribution in [2.45, 2.75) is 66.1 Å². The molecule has 1 aromatic heterocycles. The third kappa shape index (κ3) is 5.20. The van der Waals surface area contributed by atoms with Crippen molar-refractivity contribution >= 4 is 12.0 Å². The monoisotopic (exact) mass is 408 g/mol. The van der Waals surface area contributed by atoms with Crippen molar-refractivity contribution in [3.05, 3.63) is 58.4 Å². The van der Waals surface area contributed by atoms with Gasteiger partial charge in [0.2, 0.25) is 5.91 Å². The molecule has 30 heavy (non-hydrogen) atoms. The van der Waals surface area contributed by atoms with Gasteiger partial charge in [0.25, 0.3) is 0 Å². The molecule has 5 heteroatoms. The lowest BCUT2D eigenvalue weighted by Gasteiger charge is -2.38. The molecule has 0 aliphatic carbocycles. The fraction of sp³-hybridized carbons (Fsp3) is 0.520. The van der Waals surface area contributed by atoms with Crippen LogP contribution in [0.25, 0.3) is 6.08 Å². The van der Waals surface area contributed by atoms with Gasteiger partial charge in [-0.05, 0) is 59.1 Å². The van der Waals surface area contributed by atoms with Crippen molar-refractivity contribution in [1.29, 1.82) is 0 Å². The predicted molar refractivity (Wildman–Crippen MR) is 124 cm³/mol. The molecule has 1 amide bonds. The molecular weight excluding hydrogens is 372 g/mol. The summed E-state index contributed by atoms with van der Waals surface area (Å²) in [7, 11) is 1.93. The normalized spacial score (nSPS) is 16.0. The van der Waals surface area contributed by atoms with Gasteiger partial charge in [-0.3, -0.25) is 9.48 Å². The first-order chi connectivity index (χ1) is 14.3. The Bertz CT molecular complexity index is 887. The summed E-state index contributed by atoms with van der Waals surface area (Å²) in [6.45, 7) is 13.5. The number of hydrogen-bond acceptors (Lipinski definition) is 3. The summed E-state index contributed by atoms with van der Waals surface area (Å²) >= 11 is 0. The Morgan fingerprint density at radius 2 is 1.80 bits per heavy atom. The Labute approximate surface area is 181 Å². The van der Waals surface area contributed by atoms with Gasteiger partial charge in [-0.2, -0.15) is 5.10 Å². The summed E-state index contributed by atoms with van der Waals surface area (Å²) < 4.78 is 2.02. The molecule has 2 heterocycles. The van der Waals surface area contributed by atoms with Crippen molar-refractivity contribution in [3.63, 3.8) is 0 Å². The Hall–Kier alpha value is -2.40. The SMILES string of the molecule is Cc1ccc(Cn2nc(C)c(/C=C/C(=O)N(C)C3CCN(C(C)C)CC3)c2C)cc1. The third-order valence-corrected chi connectivity index (χ3v) is 6.41. The van der Waals surface area contributed by atoms with Crippen LogP contribution in [0, 0.1) is 20.8 Å². The van der Waals surface area contributed by atoms with Gasteiger partial charge in [-0.15, -0.1) is 0 Å². The van der Waals surface area contributed by atoms with E-state index in [0.717, 1.165) is 49.4 Å². The van der Waals surface area contributed by atoms with Gasteiger partial charge in [-0.1, -0.05) is 29.8 Å². The molecule has 1 aliphatic heterocycles. The molecule has 0 atom stereocenters. The highest BCUT2D eigenvalue weighted by atomic mass is 16.2. The molecule has 0 bridgehead atoms. The molecule has 0 radical (unpaired) electrons. The molecule has 0 saturated carbocycles. The summed E-state index contributed by atoms with van der Waals surface area (Å²) in [5.74, 6) is 0.0723. The van der Waals surface area contributed by atoms with Gasteiger partial charge in [0.1, 0.15) is 0 Å². The molecule has 0 spiro atoms. The van der Waals surface area contributed by atoms with E-state index in [-0.39, 0.29) is 5.91 Å². The van der Waals surface area contributed by atoms with Gasteiger partial charge >= 0.3 is 0 Å². The number of nitrogens with zero attached hydrogens (tertiary/aromatic N) is 4. The zero-order chi connectivity index (χ0) is 21.8. The summed E-state index contributed by atoms with van der Waals surface area (Å²) in [5.41, 5.74) is 5.57. The Balaban J connectivity index is 1.64. The van der Waals surface area contributed by atoms with Crippen LogP contribution in [-0.2, 0) is 11.3 Å². The lowest BCUT2D eigenvalue weighted by Crippen LogP contribution is -2.47. The minimum atomic E-state index is 0.0723. The highest BCUT2D eigenvalue weighted by Crippen LogP contribution is 2.19. The molecule has 1 aliphatic rings. The van der Waals surface area contributed by atoms with Gasteiger partial charge in [0, 0.05) is 49.6 Å². The van der Waals surface area contributed by atoms with E-state index in [9.17, 15) is 4.79 Å². The maximum Gasteiger partial charge on any atom is 0.246 e. The number of carbonyl (C=O) groups is 1. The minimum absolute atomic E-state index is 0.0723. The third-order valence-electron chi connectivity index (χ3n) is 6.41. The van der Waals surface area contributed by atoms with E-state index >= 15 is 0 Å². The van der Waals surface area contributed by atoms with Crippen molar-refractivity contribution in [2.24, 2.45) is 0 Å². The van der Waals surface area contributed by atoms with Gasteiger partial charge in [-0.25, -0.2) is 0 Å². The standard InChI is InChI=1S/C25H36N4O/c1-18(2)28-15-13-23(14-16-28)27(6)25(30)12-11-24-20(4)26-29(21(24)5)17-22-9-7-19(3)8-10-22/h7-12,18,23H,13-17H2,1-6H3/b12-11+. The second-order valence-electron chi connectivity index (χ2n) is 8.87. The summed E-state index contributed by atoms with van der Waals surface area (Å²) in [6, 6.07) is 9.44. The maximum atomic E-state index is 12.8. The van der Waals surface area contributed by atoms with Gasteiger partial charge in [0.15, 0.2) is 0 Å². The van der Waals surface area contributed by atoms with Crippen LogP contribution >= 0.6 is 0 Å². The number of carbonyl (C=O) groups excluding carboxylic acids is 1. The largest absolute Gasteiger partial charge is 0.339 e. The number of rotatable bonds is 6. The number of hydrogen-bond donors (Lipinski definition) is 0. The van der Waals surface area contributed by atoms with Crippen LogP contribution in [0.5, 0.6) is 0 Å². The first-order valence-corrected chi connectivity index (χ1v) is 11.0. The highest BCUT2D eigenvalue weighted by Gasteiger charge is 2.25. The second kappa shape index (κ2) is 9.61. The van der Waals surface area contributed by atoms with Crippen molar-refractivity contribution in [2.75, 3.05) is 20.1 Å². The number of aromatic nitrogens is 2. The molecule has 1 saturated heterocycles. The van der Waals surface area contributed by atoms with E-state index < -0.39 is 0 Å². The number of likely N-dealkylation sites (tertiary alicyclic amines) is 1. The number of piperidine rings is 1. The van der Waals surface area contributed by atoms with Crippen LogP contribution in [0.2, 0.25) is 0 Å². The topological polar surface area (TPSA) is 41.4 Å². The lowest BCUT2D eigenvalue weighted by atomic mass is 10.0. The zero-order valence-corrected chi connectivity index (χ0v) is 19.4. The molecule has 2 aromatic rings. The second-order valence-corrected chi connectivity index (χ2v) is 8.87. The van der Waals surface area contributed by atoms with E-state index in [4.69, 9.17) is 5.10 Å². The van der Waals surface area contributed by atoms with E-state index in [2.05, 4.69) is 56.9 Å². The molecular formula is C25H36N4O. The fourth-order valence-electron chi connectivity index (χ4n) is 4.21. The average Bonchev–Trinajstić information content (AvgIpc) is 3.00. The Morgan fingerprint density at radius 3 is 2.40 bits per heavy atom. The summed E-state index contributed by atoms with van der Waals surface area (Å²) in [6.07, 6.45) is 5.73. The van der Waals surface area contributed by atoms with Crippen LogP contribution in [-0.4, -0.2) is 57.7 Å². The van der Waals surface area contributed by atoms with E-state index in [1.54, 1.807) is 6.08 Å². The number of amides is 1. The first-order valence-electron chi connectivity index (χ1n) is 11.0. The quantitative estimate of drug-likeness (QED) is 0.673. The number of likely N-dealkylation sites (N-methyl/N-ethyl adjacent to an activating group) is 1. The minimum Gasteiger partial charge on any atom is -0.339 e. The van der Waals surface area contributed by atoms with Gasteiger partial charge < -0.3 is 9.80 Å². The molecule has 162 valence electrons. The maximum absolute atomic E-state index is 12.8. The predicted octanol–water partition coefficient (Wildman–Crippen LogP) is 4.20. The van der Waals surface area contributed by atoms with E-state index in [0.29, 0.717) is 12.1 Å². The van der Waals surface area contributed by atoms with E-state index in [1.165, 1.54) is 11.1 Å². The Kier molecular flexibility index (Phi) is 7.14. The van der Waals surface area contributed by atoms with Crippen molar-refractivity contribution in [1.82, 2.24) is 19.6 Å². The molecule has 1 aromatic carbocycles. The van der Waals surface area contributed by atoms with Crippen LogP contribution in [0.15, 0.2) is 30.3 Å².